The molecule has 0 aliphatic heterocycles. The summed E-state index contributed by atoms with van der Waals surface area (Å²) in [6.45, 7) is 3.40. The van der Waals surface area contributed by atoms with Gasteiger partial charge in [0.1, 0.15) is 17.0 Å². The van der Waals surface area contributed by atoms with Crippen molar-refractivity contribution < 1.29 is 18.3 Å². The van der Waals surface area contributed by atoms with Crippen LogP contribution in [0.15, 0.2) is 23.2 Å². The van der Waals surface area contributed by atoms with Gasteiger partial charge in [0.15, 0.2) is 5.69 Å². The molecule has 0 saturated carbocycles. The van der Waals surface area contributed by atoms with Crippen molar-refractivity contribution in [1.82, 2.24) is 9.71 Å². The summed E-state index contributed by atoms with van der Waals surface area (Å²) in [4.78, 5) is 14.5. The summed E-state index contributed by atoms with van der Waals surface area (Å²) in [6.07, 6.45) is 1.79. The molecule has 108 valence electrons. The molecule has 1 heterocycles. The first-order valence-corrected chi connectivity index (χ1v) is 7.42. The van der Waals surface area contributed by atoms with E-state index >= 15 is 0 Å². The third-order valence-electron chi connectivity index (χ3n) is 2.93. The molecule has 0 spiro atoms. The number of nitrogens with zero attached hydrogens (tertiary/aromatic N) is 2. The van der Waals surface area contributed by atoms with Crippen molar-refractivity contribution in [3.8, 4) is 6.07 Å². The summed E-state index contributed by atoms with van der Waals surface area (Å²) in [7, 11) is -4.12. The van der Waals surface area contributed by atoms with E-state index in [1.165, 1.54) is 18.3 Å². The lowest BCUT2D eigenvalue weighted by Crippen LogP contribution is -2.45. The molecule has 0 bridgehead atoms. The van der Waals surface area contributed by atoms with Crippen LogP contribution in [0.5, 0.6) is 0 Å². The fraction of sp³-hybridized carbons (Fsp3) is 0.417. The molecule has 1 unspecified atom stereocenters. The zero-order valence-corrected chi connectivity index (χ0v) is 11.9. The predicted octanol–water partition coefficient (Wildman–Crippen LogP) is 0.731. The summed E-state index contributed by atoms with van der Waals surface area (Å²) in [5.74, 6) is -1.64. The normalized spacial score (nSPS) is 14.2. The molecule has 1 aromatic rings. The molecule has 7 nitrogen and oxygen atoms in total. The average molecular weight is 297 g/mol. The van der Waals surface area contributed by atoms with E-state index in [1.807, 2.05) is 0 Å². The highest BCUT2D eigenvalue weighted by atomic mass is 32.2. The van der Waals surface area contributed by atoms with Crippen LogP contribution in [0.3, 0.4) is 0 Å². The average Bonchev–Trinajstić information content (AvgIpc) is 2.43. The summed E-state index contributed by atoms with van der Waals surface area (Å²) in [5.41, 5.74) is -0.270. The predicted molar refractivity (Wildman–Crippen MR) is 70.2 cm³/mol. The highest BCUT2D eigenvalue weighted by Crippen LogP contribution is 2.15. The second kappa shape index (κ2) is 6.45. The fourth-order valence-electron chi connectivity index (χ4n) is 1.57. The quantitative estimate of drug-likeness (QED) is 0.798. The maximum atomic E-state index is 12.2. The van der Waals surface area contributed by atoms with Crippen molar-refractivity contribution in [3.05, 3.63) is 24.0 Å². The van der Waals surface area contributed by atoms with Crippen LogP contribution in [0.4, 0.5) is 0 Å². The lowest BCUT2D eigenvalue weighted by molar-refractivity contribution is -0.140. The number of pyridine rings is 1. The Hall–Kier alpha value is -1.98. The van der Waals surface area contributed by atoms with Crippen LogP contribution in [-0.4, -0.2) is 30.5 Å². The first-order chi connectivity index (χ1) is 9.33. The summed E-state index contributed by atoms with van der Waals surface area (Å²) in [5, 5.41) is 18.0. The van der Waals surface area contributed by atoms with Gasteiger partial charge < -0.3 is 5.11 Å². The van der Waals surface area contributed by atoms with Gasteiger partial charge in [0.05, 0.1) is 0 Å². The maximum Gasteiger partial charge on any atom is 0.322 e. The van der Waals surface area contributed by atoms with Gasteiger partial charge in [-0.2, -0.15) is 9.98 Å². The van der Waals surface area contributed by atoms with Gasteiger partial charge >= 0.3 is 5.97 Å². The number of carbonyl (C=O) groups is 1. The Morgan fingerprint density at radius 2 is 2.25 bits per heavy atom. The number of sulfonamides is 1. The van der Waals surface area contributed by atoms with Crippen molar-refractivity contribution >= 4 is 16.0 Å². The van der Waals surface area contributed by atoms with E-state index in [9.17, 15) is 13.2 Å². The van der Waals surface area contributed by atoms with E-state index in [4.69, 9.17) is 10.4 Å². The third-order valence-corrected chi connectivity index (χ3v) is 4.40. The third kappa shape index (κ3) is 3.53. The molecular formula is C12H15N3O4S. The fourth-order valence-corrected chi connectivity index (χ4v) is 2.97. The number of hydrogen-bond acceptors (Lipinski definition) is 5. The first-order valence-electron chi connectivity index (χ1n) is 5.93. The molecule has 2 atom stereocenters. The highest BCUT2D eigenvalue weighted by molar-refractivity contribution is 7.89. The van der Waals surface area contributed by atoms with Crippen LogP contribution < -0.4 is 4.72 Å². The molecule has 20 heavy (non-hydrogen) atoms. The minimum Gasteiger partial charge on any atom is -0.480 e. The Balaban J connectivity index is 3.17. The Kier molecular flexibility index (Phi) is 5.19. The van der Waals surface area contributed by atoms with Crippen LogP contribution in [0.25, 0.3) is 0 Å². The van der Waals surface area contributed by atoms with Gasteiger partial charge in [-0.1, -0.05) is 20.3 Å². The lowest BCUT2D eigenvalue weighted by atomic mass is 10.0. The molecule has 0 saturated heterocycles. The summed E-state index contributed by atoms with van der Waals surface area (Å²) >= 11 is 0. The Morgan fingerprint density at radius 3 is 2.75 bits per heavy atom. The molecule has 1 rings (SSSR count). The molecule has 0 aliphatic rings. The maximum absolute atomic E-state index is 12.2. The highest BCUT2D eigenvalue weighted by Gasteiger charge is 2.30. The molecule has 2 N–H and O–H groups in total. The molecular weight excluding hydrogens is 282 g/mol. The van der Waals surface area contributed by atoms with Crippen molar-refractivity contribution in [3.63, 3.8) is 0 Å². The lowest BCUT2D eigenvalue weighted by Gasteiger charge is -2.20. The smallest absolute Gasteiger partial charge is 0.322 e. The van der Waals surface area contributed by atoms with Gasteiger partial charge in [0.25, 0.3) is 0 Å². The van der Waals surface area contributed by atoms with Crippen LogP contribution in [0, 0.1) is 17.2 Å². The van der Waals surface area contributed by atoms with Crippen LogP contribution >= 0.6 is 0 Å². The van der Waals surface area contributed by atoms with E-state index in [0.29, 0.717) is 6.42 Å². The van der Waals surface area contributed by atoms with E-state index in [1.54, 1.807) is 19.9 Å². The number of rotatable bonds is 6. The minimum atomic E-state index is -4.12. The topological polar surface area (TPSA) is 120 Å². The molecule has 0 aliphatic carbocycles. The van der Waals surface area contributed by atoms with Gasteiger partial charge in [-0.3, -0.25) is 4.79 Å². The number of carboxylic acids is 1. The number of aliphatic carboxylic acids is 1. The van der Waals surface area contributed by atoms with Crippen molar-refractivity contribution in [2.75, 3.05) is 0 Å². The summed E-state index contributed by atoms with van der Waals surface area (Å²) in [6, 6.07) is 3.00. The standard InChI is InChI=1S/C12H15N3O4S/c1-3-8(2)11(12(16)17)15-20(18,19)10-5-4-6-14-9(10)7-13/h4-6,8,11,15H,3H2,1-2H3,(H,16,17)/t8?,11-/m0/s1. The number of carboxylic acid groups (broad SMARTS) is 1. The van der Waals surface area contributed by atoms with Crippen LogP contribution in [0.1, 0.15) is 26.0 Å². The van der Waals surface area contributed by atoms with Crippen molar-refractivity contribution in [2.45, 2.75) is 31.2 Å². The monoisotopic (exact) mass is 297 g/mol. The van der Waals surface area contributed by atoms with Crippen molar-refractivity contribution in [1.29, 1.82) is 5.26 Å². The Bertz CT molecular complexity index is 636. The largest absolute Gasteiger partial charge is 0.480 e. The van der Waals surface area contributed by atoms with E-state index in [2.05, 4.69) is 9.71 Å². The van der Waals surface area contributed by atoms with Crippen LogP contribution in [-0.2, 0) is 14.8 Å². The second-order valence-corrected chi connectivity index (χ2v) is 5.97. The molecule has 1 aromatic heterocycles. The minimum absolute atomic E-state index is 0.270. The van der Waals surface area contributed by atoms with Gasteiger partial charge in [0.2, 0.25) is 10.0 Å². The Labute approximate surface area is 117 Å². The van der Waals surface area contributed by atoms with Gasteiger partial charge in [-0.25, -0.2) is 13.4 Å². The number of hydrogen-bond donors (Lipinski definition) is 2. The zero-order chi connectivity index (χ0) is 15.3. The van der Waals surface area contributed by atoms with Gasteiger partial charge in [-0.15, -0.1) is 0 Å². The van der Waals surface area contributed by atoms with E-state index < -0.39 is 22.0 Å². The molecule has 8 heteroatoms. The number of nitriles is 1. The number of nitrogens with one attached hydrogen (secondary N) is 1. The molecule has 0 radical (unpaired) electrons. The Morgan fingerprint density at radius 1 is 1.60 bits per heavy atom. The number of aromatic nitrogens is 1. The zero-order valence-electron chi connectivity index (χ0n) is 11.1. The van der Waals surface area contributed by atoms with E-state index in [0.717, 1.165) is 0 Å². The van der Waals surface area contributed by atoms with Crippen LogP contribution in [0.2, 0.25) is 0 Å². The first kappa shape index (κ1) is 16.1. The molecule has 0 fully saturated rings. The van der Waals surface area contributed by atoms with Gasteiger partial charge in [-0.05, 0) is 18.1 Å². The SMILES string of the molecule is CCC(C)[C@H](NS(=O)(=O)c1cccnc1C#N)C(=O)O. The van der Waals surface area contributed by atoms with Crippen molar-refractivity contribution in [2.24, 2.45) is 5.92 Å². The summed E-state index contributed by atoms with van der Waals surface area (Å²) < 4.78 is 26.5. The second-order valence-electron chi connectivity index (χ2n) is 4.28. The van der Waals surface area contributed by atoms with E-state index in [-0.39, 0.29) is 16.5 Å². The van der Waals surface area contributed by atoms with Gasteiger partial charge in [0, 0.05) is 6.20 Å². The molecule has 0 aromatic carbocycles. The molecule has 0 amide bonds.